The molecular weight excluding hydrogens is 403 g/mol. The molecule has 0 bridgehead atoms. The van der Waals surface area contributed by atoms with Crippen LogP contribution in [0.1, 0.15) is 25.8 Å². The van der Waals surface area contributed by atoms with Crippen molar-refractivity contribution >= 4 is 29.1 Å². The maximum absolute atomic E-state index is 12.4. The van der Waals surface area contributed by atoms with Crippen molar-refractivity contribution in [2.24, 2.45) is 5.92 Å². The Bertz CT molecular complexity index is 947. The fraction of sp³-hybridized carbons (Fsp3) is 0.263. The lowest BCUT2D eigenvalue weighted by Gasteiger charge is -2.18. The zero-order valence-electron chi connectivity index (χ0n) is 15.2. The largest absolute Gasteiger partial charge is 0.482 e. The number of amides is 1. The van der Waals surface area contributed by atoms with Gasteiger partial charge in [0.25, 0.3) is 5.91 Å². The van der Waals surface area contributed by atoms with Gasteiger partial charge in [0.1, 0.15) is 11.8 Å². The summed E-state index contributed by atoms with van der Waals surface area (Å²) in [5, 5.41) is 7.66. The van der Waals surface area contributed by atoms with Crippen LogP contribution in [0.25, 0.3) is 11.4 Å². The Hall–Kier alpha value is -2.64. The van der Waals surface area contributed by atoms with Crippen LogP contribution < -0.4 is 10.1 Å². The summed E-state index contributed by atoms with van der Waals surface area (Å²) < 4.78 is 10.8. The number of pyridine rings is 1. The number of carbonyl (C=O) groups is 1. The highest BCUT2D eigenvalue weighted by atomic mass is 35.5. The standard InChI is InChI=1S/C19H18Cl2N4O3/c1-11(2)17(19-24-18(25-28-19)12-4-3-7-22-9-12)23-16(26)10-27-15-8-13(20)5-6-14(15)21/h3-9,11,17H,10H2,1-2H3,(H,23,26). The molecule has 0 aliphatic heterocycles. The van der Waals surface area contributed by atoms with E-state index < -0.39 is 6.04 Å². The van der Waals surface area contributed by atoms with Gasteiger partial charge in [-0.05, 0) is 30.2 Å². The predicted octanol–water partition coefficient (Wildman–Crippen LogP) is 4.33. The molecule has 1 unspecified atom stereocenters. The Balaban J connectivity index is 1.67. The van der Waals surface area contributed by atoms with Crippen LogP contribution in [0.3, 0.4) is 0 Å². The van der Waals surface area contributed by atoms with Crippen LogP contribution >= 0.6 is 23.2 Å². The fourth-order valence-corrected chi connectivity index (χ4v) is 2.77. The van der Waals surface area contributed by atoms with E-state index in [9.17, 15) is 4.79 Å². The lowest BCUT2D eigenvalue weighted by atomic mass is 10.0. The molecule has 7 nitrogen and oxygen atoms in total. The summed E-state index contributed by atoms with van der Waals surface area (Å²) in [7, 11) is 0. The first-order valence-electron chi connectivity index (χ1n) is 8.55. The molecule has 146 valence electrons. The highest BCUT2D eigenvalue weighted by Crippen LogP contribution is 2.28. The van der Waals surface area contributed by atoms with E-state index in [0.717, 1.165) is 5.56 Å². The smallest absolute Gasteiger partial charge is 0.258 e. The molecule has 0 aliphatic carbocycles. The van der Waals surface area contributed by atoms with Crippen LogP contribution in [0.2, 0.25) is 10.0 Å². The number of rotatable bonds is 7. The highest BCUT2D eigenvalue weighted by molar-refractivity contribution is 6.34. The molecule has 9 heteroatoms. The minimum Gasteiger partial charge on any atom is -0.482 e. The number of hydrogen-bond acceptors (Lipinski definition) is 6. The van der Waals surface area contributed by atoms with E-state index in [-0.39, 0.29) is 18.4 Å². The number of ether oxygens (including phenoxy) is 1. The minimum absolute atomic E-state index is 0.0147. The van der Waals surface area contributed by atoms with Crippen molar-refractivity contribution < 1.29 is 14.1 Å². The number of hydrogen-bond donors (Lipinski definition) is 1. The summed E-state index contributed by atoms with van der Waals surface area (Å²) in [4.78, 5) is 20.8. The van der Waals surface area contributed by atoms with Gasteiger partial charge in [0.05, 0.1) is 5.02 Å². The molecule has 0 aliphatic rings. The number of benzene rings is 1. The van der Waals surface area contributed by atoms with E-state index in [1.54, 1.807) is 36.7 Å². The van der Waals surface area contributed by atoms with Gasteiger partial charge < -0.3 is 14.6 Å². The maximum Gasteiger partial charge on any atom is 0.258 e. The van der Waals surface area contributed by atoms with Gasteiger partial charge in [0.2, 0.25) is 11.7 Å². The summed E-state index contributed by atoms with van der Waals surface area (Å²) >= 11 is 12.0. The van der Waals surface area contributed by atoms with E-state index in [1.807, 2.05) is 19.9 Å². The molecule has 1 aromatic carbocycles. The van der Waals surface area contributed by atoms with Crippen LogP contribution in [-0.4, -0.2) is 27.6 Å². The topological polar surface area (TPSA) is 90.1 Å². The summed E-state index contributed by atoms with van der Waals surface area (Å²) in [6.07, 6.45) is 3.30. The van der Waals surface area contributed by atoms with Gasteiger partial charge in [-0.15, -0.1) is 0 Å². The first-order valence-corrected chi connectivity index (χ1v) is 9.31. The van der Waals surface area contributed by atoms with E-state index in [0.29, 0.717) is 27.5 Å². The third kappa shape index (κ3) is 4.99. The van der Waals surface area contributed by atoms with Crippen molar-refractivity contribution in [3.63, 3.8) is 0 Å². The zero-order valence-corrected chi connectivity index (χ0v) is 16.7. The average molecular weight is 421 g/mol. The number of aromatic nitrogens is 3. The normalized spacial score (nSPS) is 12.0. The minimum atomic E-state index is -0.469. The van der Waals surface area contributed by atoms with E-state index in [2.05, 4.69) is 20.4 Å². The summed E-state index contributed by atoms with van der Waals surface area (Å²) in [6.45, 7) is 3.65. The second-order valence-corrected chi connectivity index (χ2v) is 7.19. The molecule has 2 aromatic heterocycles. The Labute approximate surface area is 172 Å². The number of nitrogens with one attached hydrogen (secondary N) is 1. The maximum atomic E-state index is 12.4. The number of halogens is 2. The molecule has 0 fully saturated rings. The zero-order chi connectivity index (χ0) is 20.1. The number of carbonyl (C=O) groups excluding carboxylic acids is 1. The van der Waals surface area contributed by atoms with Crippen LogP contribution in [0.4, 0.5) is 0 Å². The van der Waals surface area contributed by atoms with E-state index >= 15 is 0 Å². The monoisotopic (exact) mass is 420 g/mol. The molecule has 3 rings (SSSR count). The van der Waals surface area contributed by atoms with Crippen LogP contribution in [0, 0.1) is 5.92 Å². The quantitative estimate of drug-likeness (QED) is 0.611. The second kappa shape index (κ2) is 9.03. The van der Waals surface area contributed by atoms with Crippen LogP contribution in [0.15, 0.2) is 47.2 Å². The van der Waals surface area contributed by atoms with Gasteiger partial charge in [-0.1, -0.05) is 42.2 Å². The van der Waals surface area contributed by atoms with Gasteiger partial charge in [-0.25, -0.2) is 0 Å². The Morgan fingerprint density at radius 3 is 2.82 bits per heavy atom. The Morgan fingerprint density at radius 2 is 2.11 bits per heavy atom. The van der Waals surface area contributed by atoms with Crippen molar-refractivity contribution in [1.29, 1.82) is 0 Å². The van der Waals surface area contributed by atoms with Gasteiger partial charge in [0.15, 0.2) is 6.61 Å². The highest BCUT2D eigenvalue weighted by Gasteiger charge is 2.25. The van der Waals surface area contributed by atoms with Crippen molar-refractivity contribution in [3.05, 3.63) is 58.7 Å². The van der Waals surface area contributed by atoms with E-state index in [1.165, 1.54) is 0 Å². The SMILES string of the molecule is CC(C)C(NC(=O)COc1cc(Cl)ccc1Cl)c1nc(-c2cccnc2)no1. The van der Waals surface area contributed by atoms with Crippen molar-refractivity contribution in [2.45, 2.75) is 19.9 Å². The summed E-state index contributed by atoms with van der Waals surface area (Å²) in [5.41, 5.74) is 0.727. The van der Waals surface area contributed by atoms with Crippen molar-refractivity contribution in [3.8, 4) is 17.1 Å². The van der Waals surface area contributed by atoms with Crippen LogP contribution in [0.5, 0.6) is 5.75 Å². The third-order valence-corrected chi connectivity index (χ3v) is 4.41. The second-order valence-electron chi connectivity index (χ2n) is 6.35. The lowest BCUT2D eigenvalue weighted by molar-refractivity contribution is -0.124. The first kappa shape index (κ1) is 20.1. The van der Waals surface area contributed by atoms with Gasteiger partial charge >= 0.3 is 0 Å². The summed E-state index contributed by atoms with van der Waals surface area (Å²) in [6, 6.07) is 7.94. The molecular formula is C19H18Cl2N4O3. The molecule has 2 heterocycles. The summed E-state index contributed by atoms with van der Waals surface area (Å²) in [5.74, 6) is 0.715. The van der Waals surface area contributed by atoms with Gasteiger partial charge in [-0.3, -0.25) is 9.78 Å². The van der Waals surface area contributed by atoms with E-state index in [4.69, 9.17) is 32.5 Å². The molecule has 1 N–H and O–H groups in total. The molecule has 0 saturated carbocycles. The van der Waals surface area contributed by atoms with Crippen LogP contribution in [-0.2, 0) is 4.79 Å². The Morgan fingerprint density at radius 1 is 1.29 bits per heavy atom. The van der Waals surface area contributed by atoms with Gasteiger partial charge in [-0.2, -0.15) is 4.98 Å². The molecule has 0 spiro atoms. The molecule has 0 saturated heterocycles. The molecule has 1 amide bonds. The predicted molar refractivity (Wildman–Crippen MR) is 105 cm³/mol. The molecule has 3 aromatic rings. The number of nitrogens with zero attached hydrogens (tertiary/aromatic N) is 3. The lowest BCUT2D eigenvalue weighted by Crippen LogP contribution is -2.35. The Kier molecular flexibility index (Phi) is 6.49. The fourth-order valence-electron chi connectivity index (χ4n) is 2.43. The van der Waals surface area contributed by atoms with Crippen molar-refractivity contribution in [1.82, 2.24) is 20.4 Å². The molecule has 28 heavy (non-hydrogen) atoms. The first-order chi connectivity index (χ1) is 13.4. The van der Waals surface area contributed by atoms with Crippen molar-refractivity contribution in [2.75, 3.05) is 6.61 Å². The third-order valence-electron chi connectivity index (χ3n) is 3.86. The molecule has 1 atom stereocenters. The average Bonchev–Trinajstić information content (AvgIpc) is 3.17. The van der Waals surface area contributed by atoms with Gasteiger partial charge in [0, 0.05) is 29.0 Å². The molecule has 0 radical (unpaired) electrons.